The third kappa shape index (κ3) is 4.16. The number of aromatic nitrogens is 1. The average Bonchev–Trinajstić information content (AvgIpc) is 3.01. The number of thiazole rings is 1. The number of benzene rings is 1. The van der Waals surface area contributed by atoms with Gasteiger partial charge in [0.2, 0.25) is 0 Å². The molecule has 0 saturated carbocycles. The van der Waals surface area contributed by atoms with Gasteiger partial charge in [-0.1, -0.05) is 13.8 Å². The lowest BCUT2D eigenvalue weighted by Crippen LogP contribution is -2.52. The number of fused-ring (bicyclic) bond motifs is 1. The van der Waals surface area contributed by atoms with Crippen LogP contribution >= 0.6 is 11.3 Å². The van der Waals surface area contributed by atoms with Crippen LogP contribution in [0, 0.1) is 6.92 Å². The number of rotatable bonds is 4. The lowest BCUT2D eigenvalue weighted by atomic mass is 9.96. The van der Waals surface area contributed by atoms with Crippen molar-refractivity contribution in [3.63, 3.8) is 0 Å². The van der Waals surface area contributed by atoms with Crippen molar-refractivity contribution in [2.75, 3.05) is 0 Å². The lowest BCUT2D eigenvalue weighted by Gasteiger charge is -2.31. The number of halogens is 4. The van der Waals surface area contributed by atoms with E-state index in [4.69, 9.17) is 0 Å². The number of aryl methyl sites for hydroxylation is 1. The molecule has 6 nitrogen and oxygen atoms in total. The van der Waals surface area contributed by atoms with E-state index < -0.39 is 35.3 Å². The molecule has 0 fully saturated rings. The Morgan fingerprint density at radius 1 is 1.17 bits per heavy atom. The molecular formula is C19H21F4N3O3S. The standard InChI is InChI=1S/C19H21F4N3O3S/c1-5-17(4,6-2)25-15(27)24-16-26(10-11(3)30-16)12-7-8-13-14(9-12)29-19(22,23)18(20,21)28-13/h7-10H,5-6H2,1-4H3,(H,25,27)/b24-16-. The number of amides is 2. The number of ether oxygens (including phenoxy) is 2. The molecule has 30 heavy (non-hydrogen) atoms. The van der Waals surface area contributed by atoms with E-state index in [9.17, 15) is 22.4 Å². The van der Waals surface area contributed by atoms with E-state index in [0.29, 0.717) is 5.69 Å². The molecule has 1 aliphatic heterocycles. The van der Waals surface area contributed by atoms with Gasteiger partial charge in [0.1, 0.15) is 0 Å². The molecule has 1 aliphatic rings. The van der Waals surface area contributed by atoms with Gasteiger partial charge < -0.3 is 14.8 Å². The van der Waals surface area contributed by atoms with Gasteiger partial charge in [-0.2, -0.15) is 22.6 Å². The first kappa shape index (κ1) is 22.1. The maximum Gasteiger partial charge on any atom is 0.507 e. The highest BCUT2D eigenvalue weighted by Crippen LogP contribution is 2.47. The molecular weight excluding hydrogens is 426 g/mol. The van der Waals surface area contributed by atoms with E-state index in [1.165, 1.54) is 22.0 Å². The van der Waals surface area contributed by atoms with Gasteiger partial charge in [0.25, 0.3) is 0 Å². The normalized spacial score (nSPS) is 17.7. The number of hydrogen-bond acceptors (Lipinski definition) is 4. The van der Waals surface area contributed by atoms with Crippen molar-refractivity contribution in [3.05, 3.63) is 34.1 Å². The van der Waals surface area contributed by atoms with Crippen molar-refractivity contribution in [2.45, 2.75) is 58.3 Å². The third-order valence-corrected chi connectivity index (χ3v) is 5.85. The monoisotopic (exact) mass is 447 g/mol. The largest absolute Gasteiger partial charge is 0.507 e. The smallest absolute Gasteiger partial charge is 0.421 e. The van der Waals surface area contributed by atoms with Gasteiger partial charge in [0, 0.05) is 22.7 Å². The molecule has 1 aromatic heterocycles. The number of carbonyl (C=O) groups excluding carboxylic acids is 1. The van der Waals surface area contributed by atoms with E-state index in [2.05, 4.69) is 19.8 Å². The summed E-state index contributed by atoms with van der Waals surface area (Å²) in [5.74, 6) is -1.06. The first-order chi connectivity index (χ1) is 13.9. The Bertz CT molecular complexity index is 1030. The topological polar surface area (TPSA) is 64.9 Å². The number of nitrogens with one attached hydrogen (secondary N) is 1. The van der Waals surface area contributed by atoms with Crippen LogP contribution in [0.2, 0.25) is 0 Å². The molecule has 1 aromatic carbocycles. The van der Waals surface area contributed by atoms with Crippen molar-refractivity contribution in [1.82, 2.24) is 9.88 Å². The Morgan fingerprint density at radius 3 is 2.37 bits per heavy atom. The summed E-state index contributed by atoms with van der Waals surface area (Å²) in [7, 11) is 0. The molecule has 0 bridgehead atoms. The summed E-state index contributed by atoms with van der Waals surface area (Å²) in [6.07, 6.45) is -6.51. The Hall–Kier alpha value is -2.56. The maximum absolute atomic E-state index is 13.5. The second-order valence-electron chi connectivity index (χ2n) is 7.17. The molecule has 0 atom stereocenters. The van der Waals surface area contributed by atoms with Gasteiger partial charge in [-0.3, -0.25) is 4.57 Å². The number of alkyl halides is 4. The van der Waals surface area contributed by atoms with E-state index in [1.807, 2.05) is 20.8 Å². The summed E-state index contributed by atoms with van der Waals surface area (Å²) in [4.78, 5) is 17.6. The molecule has 2 aromatic rings. The molecule has 0 unspecified atom stereocenters. The van der Waals surface area contributed by atoms with Crippen LogP contribution in [0.4, 0.5) is 22.4 Å². The number of urea groups is 1. The van der Waals surface area contributed by atoms with Crippen molar-refractivity contribution in [1.29, 1.82) is 0 Å². The zero-order valence-electron chi connectivity index (χ0n) is 16.8. The lowest BCUT2D eigenvalue weighted by molar-refractivity contribution is -0.391. The number of nitrogens with zero attached hydrogens (tertiary/aromatic N) is 2. The second-order valence-corrected chi connectivity index (χ2v) is 8.39. The van der Waals surface area contributed by atoms with Gasteiger partial charge in [-0.15, -0.1) is 11.3 Å². The molecule has 0 spiro atoms. The fraction of sp³-hybridized carbons (Fsp3) is 0.474. The summed E-state index contributed by atoms with van der Waals surface area (Å²) >= 11 is 1.21. The van der Waals surface area contributed by atoms with Crippen LogP contribution in [0.15, 0.2) is 29.4 Å². The summed E-state index contributed by atoms with van der Waals surface area (Å²) in [6, 6.07) is 3.07. The van der Waals surface area contributed by atoms with Crippen molar-refractivity contribution in [3.8, 4) is 17.2 Å². The number of carbonyl (C=O) groups is 1. The molecule has 2 amide bonds. The predicted octanol–water partition coefficient (Wildman–Crippen LogP) is 4.99. The Morgan fingerprint density at radius 2 is 1.77 bits per heavy atom. The molecule has 1 N–H and O–H groups in total. The zero-order chi connectivity index (χ0) is 22.3. The molecule has 2 heterocycles. The quantitative estimate of drug-likeness (QED) is 0.672. The predicted molar refractivity (Wildman–Crippen MR) is 103 cm³/mol. The maximum atomic E-state index is 13.5. The minimum atomic E-state index is -4.81. The summed E-state index contributed by atoms with van der Waals surface area (Å²) in [6.45, 7) is 7.60. The second kappa shape index (κ2) is 7.60. The van der Waals surface area contributed by atoms with Crippen molar-refractivity contribution < 1.29 is 31.8 Å². The van der Waals surface area contributed by atoms with Gasteiger partial charge in [0.05, 0.1) is 5.69 Å². The average molecular weight is 447 g/mol. The van der Waals surface area contributed by atoms with Crippen LogP contribution < -0.4 is 19.6 Å². The van der Waals surface area contributed by atoms with Crippen LogP contribution in [0.1, 0.15) is 38.5 Å². The Balaban J connectivity index is 1.98. The summed E-state index contributed by atoms with van der Waals surface area (Å²) in [5.41, 5.74) is -0.117. The van der Waals surface area contributed by atoms with Crippen LogP contribution in [0.3, 0.4) is 0 Å². The van der Waals surface area contributed by atoms with Crippen LogP contribution in [-0.2, 0) is 0 Å². The Kier molecular flexibility index (Phi) is 5.61. The third-order valence-electron chi connectivity index (χ3n) is 4.96. The SMILES string of the molecule is CCC(C)(CC)NC(=O)/N=c1\sc(C)cn1-c1ccc2c(c1)OC(F)(F)C(F)(F)O2. The summed E-state index contributed by atoms with van der Waals surface area (Å²) < 4.78 is 63.4. The highest BCUT2D eigenvalue weighted by atomic mass is 32.1. The van der Waals surface area contributed by atoms with E-state index >= 15 is 0 Å². The highest BCUT2D eigenvalue weighted by Gasteiger charge is 2.65. The van der Waals surface area contributed by atoms with Gasteiger partial charge in [-0.25, -0.2) is 4.79 Å². The minimum Gasteiger partial charge on any atom is -0.421 e. The van der Waals surface area contributed by atoms with Gasteiger partial charge in [-0.05, 0) is 38.8 Å². The van der Waals surface area contributed by atoms with Crippen LogP contribution in [-0.4, -0.2) is 28.4 Å². The fourth-order valence-electron chi connectivity index (χ4n) is 2.72. The molecule has 11 heteroatoms. The van der Waals surface area contributed by atoms with E-state index in [-0.39, 0.29) is 4.80 Å². The van der Waals surface area contributed by atoms with Crippen LogP contribution in [0.25, 0.3) is 5.69 Å². The Labute approximate surface area is 174 Å². The first-order valence-corrected chi connectivity index (χ1v) is 10.1. The zero-order valence-corrected chi connectivity index (χ0v) is 17.6. The number of hydrogen-bond donors (Lipinski definition) is 1. The summed E-state index contributed by atoms with van der Waals surface area (Å²) in [5, 5.41) is 2.86. The van der Waals surface area contributed by atoms with Gasteiger partial charge in [0.15, 0.2) is 16.3 Å². The van der Waals surface area contributed by atoms with E-state index in [0.717, 1.165) is 29.9 Å². The van der Waals surface area contributed by atoms with Crippen molar-refractivity contribution >= 4 is 17.4 Å². The first-order valence-electron chi connectivity index (χ1n) is 9.24. The molecule has 164 valence electrons. The molecule has 0 saturated heterocycles. The molecule has 3 rings (SSSR count). The van der Waals surface area contributed by atoms with E-state index in [1.54, 1.807) is 13.1 Å². The van der Waals surface area contributed by atoms with Gasteiger partial charge >= 0.3 is 18.2 Å². The van der Waals surface area contributed by atoms with Crippen LogP contribution in [0.5, 0.6) is 11.5 Å². The molecule has 0 aliphatic carbocycles. The fourth-order valence-corrected chi connectivity index (χ4v) is 3.55. The molecule has 0 radical (unpaired) electrons. The van der Waals surface area contributed by atoms with Crippen molar-refractivity contribution in [2.24, 2.45) is 4.99 Å². The minimum absolute atomic E-state index is 0.285. The highest BCUT2D eigenvalue weighted by molar-refractivity contribution is 7.09.